The van der Waals surface area contributed by atoms with E-state index in [0.717, 1.165) is 0 Å². The van der Waals surface area contributed by atoms with Crippen molar-refractivity contribution < 1.29 is 53.0 Å². The number of carboxylic acids is 2. The number of carbonyl (C=O) groups is 2. The lowest BCUT2D eigenvalue weighted by molar-refractivity contribution is -0.140. The summed E-state index contributed by atoms with van der Waals surface area (Å²) in [5, 5.41) is 17.2. The molecule has 2 N–H and O–H groups in total. The molecule has 0 amide bonds. The largest absolute Gasteiger partial charge is 0.491 e. The van der Waals surface area contributed by atoms with Crippen LogP contribution in [0.5, 0.6) is 23.0 Å². The molecule has 0 saturated carbocycles. The number of ether oxygens (including phenoxy) is 7. The van der Waals surface area contributed by atoms with Gasteiger partial charge in [-0.3, -0.25) is 0 Å². The molecule has 2 aromatic carbocycles. The number of hydrogen-bond donors (Lipinski definition) is 2. The first kappa shape index (κ1) is 27.7. The summed E-state index contributed by atoms with van der Waals surface area (Å²) in [5.74, 6) is 0.127. The van der Waals surface area contributed by atoms with E-state index in [4.69, 9.17) is 43.4 Å². The van der Waals surface area contributed by atoms with Crippen LogP contribution in [0.3, 0.4) is 0 Å². The quantitative estimate of drug-likeness (QED) is 0.262. The summed E-state index contributed by atoms with van der Waals surface area (Å²) >= 11 is 0. The predicted octanol–water partition coefficient (Wildman–Crippen LogP) is 2.12. The molecule has 0 aliphatic heterocycles. The smallest absolute Gasteiger partial charge is 0.341 e. The third-order valence-electron chi connectivity index (χ3n) is 4.11. The number of carboxylic acid groups (broad SMARTS) is 2. The minimum Gasteiger partial charge on any atom is -0.491 e. The zero-order valence-electron chi connectivity index (χ0n) is 19.3. The summed E-state index contributed by atoms with van der Waals surface area (Å²) in [4.78, 5) is 20.9. The molecule has 0 atom stereocenters. The van der Waals surface area contributed by atoms with Gasteiger partial charge in [-0.15, -0.1) is 0 Å². The van der Waals surface area contributed by atoms with Crippen molar-refractivity contribution in [2.75, 3.05) is 66.1 Å². The van der Waals surface area contributed by atoms with Crippen LogP contribution in [0.2, 0.25) is 0 Å². The van der Waals surface area contributed by atoms with E-state index in [9.17, 15) is 9.59 Å². The summed E-state index contributed by atoms with van der Waals surface area (Å²) in [7, 11) is 0. The fraction of sp³-hybridized carbons (Fsp3) is 0.417. The summed E-state index contributed by atoms with van der Waals surface area (Å²) < 4.78 is 37.4. The van der Waals surface area contributed by atoms with Gasteiger partial charge in [-0.05, 0) is 48.5 Å². The van der Waals surface area contributed by atoms with Crippen LogP contribution in [-0.2, 0) is 23.8 Å². The van der Waals surface area contributed by atoms with Gasteiger partial charge in [0.2, 0.25) is 0 Å². The number of benzene rings is 2. The Bertz CT molecular complexity index is 781. The molecule has 0 aliphatic carbocycles. The lowest BCUT2D eigenvalue weighted by Gasteiger charge is -2.09. The third-order valence-corrected chi connectivity index (χ3v) is 4.11. The monoisotopic (exact) mass is 494 g/mol. The van der Waals surface area contributed by atoms with Crippen molar-refractivity contribution in [3.8, 4) is 23.0 Å². The third kappa shape index (κ3) is 13.7. The molecule has 0 bridgehead atoms. The Hall–Kier alpha value is -3.54. The maximum absolute atomic E-state index is 10.5. The van der Waals surface area contributed by atoms with Crippen LogP contribution in [0.25, 0.3) is 0 Å². The Balaban J connectivity index is 1.37. The fourth-order valence-corrected chi connectivity index (χ4v) is 2.53. The molecule has 11 heteroatoms. The van der Waals surface area contributed by atoms with Crippen molar-refractivity contribution in [3.63, 3.8) is 0 Å². The average molecular weight is 494 g/mol. The van der Waals surface area contributed by atoms with Crippen LogP contribution in [0, 0.1) is 0 Å². The van der Waals surface area contributed by atoms with Crippen molar-refractivity contribution in [2.45, 2.75) is 0 Å². The SMILES string of the molecule is O=C(O)COc1ccc(OCCOCCOCCOCCOc2ccc(OCC(=O)O)cc2)cc1. The van der Waals surface area contributed by atoms with Crippen LogP contribution < -0.4 is 18.9 Å². The molecular formula is C24H30O11. The minimum atomic E-state index is -1.03. The lowest BCUT2D eigenvalue weighted by atomic mass is 10.3. The van der Waals surface area contributed by atoms with Gasteiger partial charge in [-0.25, -0.2) is 9.59 Å². The van der Waals surface area contributed by atoms with Gasteiger partial charge in [0, 0.05) is 0 Å². The summed E-state index contributed by atoms with van der Waals surface area (Å²) in [6.45, 7) is 2.51. The Labute approximate surface area is 203 Å². The highest BCUT2D eigenvalue weighted by Crippen LogP contribution is 2.18. The summed E-state index contributed by atoms with van der Waals surface area (Å²) in [6.07, 6.45) is 0. The van der Waals surface area contributed by atoms with Crippen molar-refractivity contribution in [1.29, 1.82) is 0 Å². The molecule has 2 aromatic rings. The number of aliphatic carboxylic acids is 2. The molecule has 0 radical (unpaired) electrons. The molecule has 2 rings (SSSR count). The van der Waals surface area contributed by atoms with Crippen molar-refractivity contribution in [2.24, 2.45) is 0 Å². The van der Waals surface area contributed by atoms with E-state index in [1.165, 1.54) is 0 Å². The second kappa shape index (κ2) is 17.0. The van der Waals surface area contributed by atoms with Crippen LogP contribution in [0.15, 0.2) is 48.5 Å². The van der Waals surface area contributed by atoms with Gasteiger partial charge in [0.1, 0.15) is 36.2 Å². The Morgan fingerprint density at radius 3 is 1.00 bits per heavy atom. The molecule has 0 saturated heterocycles. The minimum absolute atomic E-state index is 0.372. The molecule has 0 aliphatic rings. The van der Waals surface area contributed by atoms with E-state index >= 15 is 0 Å². The molecule has 0 aromatic heterocycles. The second-order valence-electron chi connectivity index (χ2n) is 6.84. The number of hydrogen-bond acceptors (Lipinski definition) is 9. The Morgan fingerprint density at radius 1 is 0.457 bits per heavy atom. The highest BCUT2D eigenvalue weighted by Gasteiger charge is 2.01. The standard InChI is InChI=1S/C24H30O11/c25-23(26)17-34-21-5-1-19(2-6-21)32-15-13-30-11-9-29-10-12-31-14-16-33-20-3-7-22(8-4-20)35-18-24(27)28/h1-8H,9-18H2,(H,25,26)(H,27,28). The normalized spacial score (nSPS) is 10.5. The molecule has 0 unspecified atom stereocenters. The zero-order valence-corrected chi connectivity index (χ0v) is 19.3. The van der Waals surface area contributed by atoms with Crippen molar-refractivity contribution in [3.05, 3.63) is 48.5 Å². The highest BCUT2D eigenvalue weighted by atomic mass is 16.6. The molecule has 0 spiro atoms. The van der Waals surface area contributed by atoms with Crippen LogP contribution in [0.1, 0.15) is 0 Å². The van der Waals surface area contributed by atoms with E-state index in [1.54, 1.807) is 48.5 Å². The predicted molar refractivity (Wildman–Crippen MR) is 123 cm³/mol. The Morgan fingerprint density at radius 2 is 0.714 bits per heavy atom. The van der Waals surface area contributed by atoms with Gasteiger partial charge < -0.3 is 43.4 Å². The van der Waals surface area contributed by atoms with Gasteiger partial charge in [-0.1, -0.05) is 0 Å². The molecule has 0 fully saturated rings. The first-order chi connectivity index (χ1) is 17.0. The second-order valence-corrected chi connectivity index (χ2v) is 6.84. The first-order valence-corrected chi connectivity index (χ1v) is 10.9. The van der Waals surface area contributed by atoms with E-state index in [1.807, 2.05) is 0 Å². The molecular weight excluding hydrogens is 464 g/mol. The van der Waals surface area contributed by atoms with Crippen molar-refractivity contribution in [1.82, 2.24) is 0 Å². The van der Waals surface area contributed by atoms with E-state index in [2.05, 4.69) is 0 Å². The van der Waals surface area contributed by atoms with E-state index in [0.29, 0.717) is 75.9 Å². The Kier molecular flexibility index (Phi) is 13.4. The van der Waals surface area contributed by atoms with Gasteiger partial charge in [-0.2, -0.15) is 0 Å². The number of rotatable bonds is 20. The maximum Gasteiger partial charge on any atom is 0.341 e. The molecule has 0 heterocycles. The summed E-state index contributed by atoms with van der Waals surface area (Å²) in [6, 6.07) is 13.3. The van der Waals surface area contributed by atoms with Gasteiger partial charge in [0.15, 0.2) is 13.2 Å². The molecule has 35 heavy (non-hydrogen) atoms. The zero-order chi connectivity index (χ0) is 25.1. The van der Waals surface area contributed by atoms with E-state index in [-0.39, 0.29) is 13.2 Å². The summed E-state index contributed by atoms with van der Waals surface area (Å²) in [5.41, 5.74) is 0. The van der Waals surface area contributed by atoms with Crippen LogP contribution in [-0.4, -0.2) is 88.2 Å². The average Bonchev–Trinajstić information content (AvgIpc) is 2.85. The van der Waals surface area contributed by atoms with Crippen LogP contribution >= 0.6 is 0 Å². The molecule has 192 valence electrons. The van der Waals surface area contributed by atoms with Crippen molar-refractivity contribution >= 4 is 11.9 Å². The topological polar surface area (TPSA) is 139 Å². The van der Waals surface area contributed by atoms with Gasteiger partial charge >= 0.3 is 11.9 Å². The highest BCUT2D eigenvalue weighted by molar-refractivity contribution is 5.68. The van der Waals surface area contributed by atoms with Crippen LogP contribution in [0.4, 0.5) is 0 Å². The van der Waals surface area contributed by atoms with Gasteiger partial charge in [0.25, 0.3) is 0 Å². The first-order valence-electron chi connectivity index (χ1n) is 10.9. The van der Waals surface area contributed by atoms with Gasteiger partial charge in [0.05, 0.1) is 39.6 Å². The fourth-order valence-electron chi connectivity index (χ4n) is 2.53. The maximum atomic E-state index is 10.5. The van der Waals surface area contributed by atoms with E-state index < -0.39 is 11.9 Å². The molecule has 11 nitrogen and oxygen atoms in total. The lowest BCUT2D eigenvalue weighted by Crippen LogP contribution is -2.14.